The Morgan fingerprint density at radius 2 is 1.38 bits per heavy atom. The van der Waals surface area contributed by atoms with Crippen LogP contribution in [0.25, 0.3) is 11.4 Å². The summed E-state index contributed by atoms with van der Waals surface area (Å²) in [4.78, 5) is 8.40. The van der Waals surface area contributed by atoms with E-state index in [4.69, 9.17) is 37.4 Å². The molecule has 0 aliphatic carbocycles. The summed E-state index contributed by atoms with van der Waals surface area (Å²) in [6, 6.07) is 3.40. The molecule has 0 saturated carbocycles. The quantitative estimate of drug-likeness (QED) is 0.727. The zero-order chi connectivity index (χ0) is 15.6. The molecule has 1 aromatic carbocycles. The van der Waals surface area contributed by atoms with E-state index >= 15 is 0 Å². The summed E-state index contributed by atoms with van der Waals surface area (Å²) in [5.74, 6) is 1.85. The van der Waals surface area contributed by atoms with Crippen LogP contribution in [0.3, 0.4) is 0 Å². The Kier molecular flexibility index (Phi) is 5.13. The first-order valence-corrected chi connectivity index (χ1v) is 7.25. The third-order valence-electron chi connectivity index (χ3n) is 2.71. The van der Waals surface area contributed by atoms with Crippen LogP contribution in [0.5, 0.6) is 17.2 Å². The summed E-state index contributed by atoms with van der Waals surface area (Å²) in [6.45, 7) is 0. The van der Waals surface area contributed by atoms with E-state index in [1.54, 1.807) is 19.2 Å². The lowest BCUT2D eigenvalue weighted by Gasteiger charge is -2.14. The highest BCUT2D eigenvalue weighted by Crippen LogP contribution is 2.41. The van der Waals surface area contributed by atoms with Crippen molar-refractivity contribution in [1.82, 2.24) is 9.97 Å². The second kappa shape index (κ2) is 6.68. The highest BCUT2D eigenvalue weighted by atomic mass is 79.9. The molecule has 2 rings (SSSR count). The van der Waals surface area contributed by atoms with Crippen LogP contribution in [0.2, 0.25) is 10.3 Å². The molecule has 0 radical (unpaired) electrons. The van der Waals surface area contributed by atoms with Crippen LogP contribution < -0.4 is 14.2 Å². The maximum Gasteiger partial charge on any atom is 0.170 e. The molecule has 0 N–H and O–H groups in total. The molecule has 0 aliphatic heterocycles. The molecule has 1 heterocycles. The van der Waals surface area contributed by atoms with Gasteiger partial charge in [0, 0.05) is 12.1 Å². The lowest BCUT2D eigenvalue weighted by molar-refractivity contribution is 0.377. The Balaban J connectivity index is 2.73. The molecule has 112 valence electrons. The van der Waals surface area contributed by atoms with Crippen LogP contribution in [0.1, 0.15) is 0 Å². The van der Waals surface area contributed by atoms with Crippen LogP contribution in [-0.2, 0) is 0 Å². The summed E-state index contributed by atoms with van der Waals surface area (Å²) in [6.07, 6.45) is 0. The third-order valence-corrected chi connectivity index (χ3v) is 4.46. The van der Waals surface area contributed by atoms with E-state index in [1.807, 2.05) is 0 Å². The van der Waals surface area contributed by atoms with Crippen molar-refractivity contribution in [1.29, 1.82) is 0 Å². The fourth-order valence-corrected chi connectivity index (χ4v) is 2.30. The van der Waals surface area contributed by atoms with Gasteiger partial charge in [-0.3, -0.25) is 0 Å². The molecule has 21 heavy (non-hydrogen) atoms. The van der Waals surface area contributed by atoms with Crippen molar-refractivity contribution in [3.8, 4) is 28.6 Å². The lowest BCUT2D eigenvalue weighted by Crippen LogP contribution is -1.99. The van der Waals surface area contributed by atoms with Crippen molar-refractivity contribution in [2.24, 2.45) is 0 Å². The molecule has 0 atom stereocenters. The number of methoxy groups -OCH3 is 3. The number of hydrogen-bond donors (Lipinski definition) is 0. The van der Waals surface area contributed by atoms with Crippen LogP contribution >= 0.6 is 39.1 Å². The van der Waals surface area contributed by atoms with Gasteiger partial charge in [0.1, 0.15) is 33.1 Å². The molecule has 0 spiro atoms. The van der Waals surface area contributed by atoms with E-state index in [9.17, 15) is 0 Å². The summed E-state index contributed by atoms with van der Waals surface area (Å²) in [5.41, 5.74) is 0.539. The van der Waals surface area contributed by atoms with Gasteiger partial charge in [-0.2, -0.15) is 0 Å². The molecule has 2 aromatic rings. The second-order valence-corrected chi connectivity index (χ2v) is 5.36. The van der Waals surface area contributed by atoms with Crippen LogP contribution in [-0.4, -0.2) is 31.3 Å². The smallest absolute Gasteiger partial charge is 0.170 e. The third kappa shape index (κ3) is 3.17. The average molecular weight is 394 g/mol. The monoisotopic (exact) mass is 392 g/mol. The number of hydrogen-bond acceptors (Lipinski definition) is 5. The van der Waals surface area contributed by atoms with Gasteiger partial charge in [0.25, 0.3) is 0 Å². The van der Waals surface area contributed by atoms with Crippen molar-refractivity contribution in [2.75, 3.05) is 21.3 Å². The highest BCUT2D eigenvalue weighted by Gasteiger charge is 2.20. The first kappa shape index (κ1) is 16.1. The summed E-state index contributed by atoms with van der Waals surface area (Å²) in [5, 5.41) is 0.398. The lowest BCUT2D eigenvalue weighted by atomic mass is 10.1. The van der Waals surface area contributed by atoms with Crippen molar-refractivity contribution in [2.45, 2.75) is 0 Å². The van der Waals surface area contributed by atoms with Gasteiger partial charge in [0.15, 0.2) is 5.82 Å². The predicted molar refractivity (Wildman–Crippen MR) is 84.8 cm³/mol. The van der Waals surface area contributed by atoms with Gasteiger partial charge < -0.3 is 14.2 Å². The molecule has 5 nitrogen and oxygen atoms in total. The fourth-order valence-electron chi connectivity index (χ4n) is 1.73. The molecular weight excluding hydrogens is 383 g/mol. The summed E-state index contributed by atoms with van der Waals surface area (Å²) < 4.78 is 16.3. The Morgan fingerprint density at radius 1 is 0.905 bits per heavy atom. The fraction of sp³-hybridized carbons (Fsp3) is 0.231. The Hall–Kier alpha value is -1.24. The Labute approximate surface area is 140 Å². The van der Waals surface area contributed by atoms with Crippen LogP contribution in [0.4, 0.5) is 0 Å². The molecule has 0 unspecified atom stereocenters. The van der Waals surface area contributed by atoms with Crippen molar-refractivity contribution in [3.05, 3.63) is 26.9 Å². The van der Waals surface area contributed by atoms with E-state index in [0.717, 1.165) is 0 Å². The van der Waals surface area contributed by atoms with Gasteiger partial charge in [-0.05, 0) is 15.9 Å². The second-order valence-electron chi connectivity index (χ2n) is 3.85. The van der Waals surface area contributed by atoms with E-state index in [0.29, 0.717) is 33.1 Å². The van der Waals surface area contributed by atoms with Gasteiger partial charge in [0.2, 0.25) is 0 Å². The van der Waals surface area contributed by atoms with Crippen LogP contribution in [0, 0.1) is 0 Å². The van der Waals surface area contributed by atoms with E-state index in [-0.39, 0.29) is 10.3 Å². The highest BCUT2D eigenvalue weighted by molar-refractivity contribution is 9.10. The molecule has 0 saturated heterocycles. The normalized spacial score (nSPS) is 10.4. The number of nitrogens with zero attached hydrogens (tertiary/aromatic N) is 2. The van der Waals surface area contributed by atoms with E-state index in [1.165, 1.54) is 14.2 Å². The minimum absolute atomic E-state index is 0.199. The maximum absolute atomic E-state index is 6.03. The van der Waals surface area contributed by atoms with Gasteiger partial charge in [0.05, 0.1) is 25.8 Å². The molecule has 0 amide bonds. The van der Waals surface area contributed by atoms with E-state index in [2.05, 4.69) is 25.9 Å². The topological polar surface area (TPSA) is 53.5 Å². The summed E-state index contributed by atoms with van der Waals surface area (Å²) in [7, 11) is 4.61. The maximum atomic E-state index is 6.03. The molecule has 0 fully saturated rings. The van der Waals surface area contributed by atoms with Gasteiger partial charge in [-0.25, -0.2) is 9.97 Å². The number of benzene rings is 1. The van der Waals surface area contributed by atoms with Gasteiger partial charge in [-0.1, -0.05) is 23.2 Å². The first-order chi connectivity index (χ1) is 10.0. The average Bonchev–Trinajstić information content (AvgIpc) is 2.50. The molecule has 1 aromatic heterocycles. The van der Waals surface area contributed by atoms with E-state index < -0.39 is 0 Å². The number of halogens is 3. The Morgan fingerprint density at radius 3 is 1.76 bits per heavy atom. The van der Waals surface area contributed by atoms with Crippen LogP contribution in [0.15, 0.2) is 16.6 Å². The predicted octanol–water partition coefficient (Wildman–Crippen LogP) is 4.24. The number of ether oxygens (including phenoxy) is 3. The zero-order valence-corrected chi connectivity index (χ0v) is 14.5. The van der Waals surface area contributed by atoms with Crippen molar-refractivity contribution < 1.29 is 14.2 Å². The first-order valence-electron chi connectivity index (χ1n) is 5.70. The van der Waals surface area contributed by atoms with Crippen molar-refractivity contribution >= 4 is 39.1 Å². The number of aromatic nitrogens is 2. The number of rotatable bonds is 4. The SMILES string of the molecule is COc1cc(OC)c(-c2nc(Cl)c(Br)c(Cl)n2)c(OC)c1. The largest absolute Gasteiger partial charge is 0.496 e. The van der Waals surface area contributed by atoms with Gasteiger partial charge in [-0.15, -0.1) is 0 Å². The molecule has 0 aliphatic rings. The zero-order valence-electron chi connectivity index (χ0n) is 11.4. The minimum Gasteiger partial charge on any atom is -0.496 e. The van der Waals surface area contributed by atoms with Crippen molar-refractivity contribution in [3.63, 3.8) is 0 Å². The standard InChI is InChI=1S/C13H11BrCl2N2O3/c1-19-6-4-7(20-2)9(8(5-6)21-3)13-17-11(15)10(14)12(16)18-13/h4-5H,1-3H3. The minimum atomic E-state index is 0.199. The summed E-state index contributed by atoms with van der Waals surface area (Å²) >= 11 is 15.3. The van der Waals surface area contributed by atoms with Gasteiger partial charge >= 0.3 is 0 Å². The molecule has 8 heteroatoms. The Bertz CT molecular complexity index is 634. The molecular formula is C13H11BrCl2N2O3. The molecule has 0 bridgehead atoms.